The number of H-pyrrole nitrogens is 1. The van der Waals surface area contributed by atoms with E-state index in [4.69, 9.17) is 0 Å². The minimum atomic E-state index is 0. The van der Waals surface area contributed by atoms with Gasteiger partial charge in [-0.2, -0.15) is 0 Å². The van der Waals surface area contributed by atoms with Gasteiger partial charge in [0.1, 0.15) is 0 Å². The molecule has 1 heterocycles. The Balaban J connectivity index is 0.00000264. The monoisotopic (exact) mass is 426 g/mol. The molecule has 4 nitrogen and oxygen atoms in total. The third-order valence-electron chi connectivity index (χ3n) is 3.74. The molecule has 0 bridgehead atoms. The highest BCUT2D eigenvalue weighted by Crippen LogP contribution is 2.14. The number of guanidine groups is 1. The van der Waals surface area contributed by atoms with Crippen LogP contribution in [0.4, 0.5) is 0 Å². The summed E-state index contributed by atoms with van der Waals surface area (Å²) in [6.45, 7) is 5.61. The zero-order valence-corrected chi connectivity index (χ0v) is 16.3. The third-order valence-corrected chi connectivity index (χ3v) is 3.74. The molecule has 0 aliphatic rings. The molecule has 1 aromatic carbocycles. The van der Waals surface area contributed by atoms with Crippen LogP contribution in [0.5, 0.6) is 0 Å². The van der Waals surface area contributed by atoms with Crippen molar-refractivity contribution in [2.24, 2.45) is 4.99 Å². The summed E-state index contributed by atoms with van der Waals surface area (Å²) >= 11 is 0. The molecule has 0 aliphatic heterocycles. The molecule has 0 saturated carbocycles. The normalized spacial score (nSPS) is 11.1. The lowest BCUT2D eigenvalue weighted by Gasteiger charge is -2.21. The summed E-state index contributed by atoms with van der Waals surface area (Å²) in [4.78, 5) is 9.95. The van der Waals surface area contributed by atoms with Gasteiger partial charge < -0.3 is 15.2 Å². The van der Waals surface area contributed by atoms with Crippen LogP contribution < -0.4 is 5.32 Å². The number of aromatic nitrogens is 1. The summed E-state index contributed by atoms with van der Waals surface area (Å²) in [6.07, 6.45) is 5.05. The Labute approximate surface area is 156 Å². The van der Waals surface area contributed by atoms with Crippen LogP contribution in [0.2, 0.25) is 0 Å². The predicted octanol–water partition coefficient (Wildman–Crippen LogP) is 3.80. The molecule has 0 spiro atoms. The maximum Gasteiger partial charge on any atom is 0.193 e. The standard InChI is InChI=1S/C18H26N4.HI/c1-4-5-8-13-22(3)18(19-2)20-12-11-16-14-15-9-6-7-10-17(15)21-16;/h4,6-7,9-10,14,21H,1,5,8,11-13H2,2-3H3,(H,19,20);1H. The van der Waals surface area contributed by atoms with Crippen molar-refractivity contribution in [1.29, 1.82) is 0 Å². The largest absolute Gasteiger partial charge is 0.358 e. The zero-order valence-electron chi connectivity index (χ0n) is 14.0. The third kappa shape index (κ3) is 5.89. The maximum absolute atomic E-state index is 4.34. The second-order valence-corrected chi connectivity index (χ2v) is 5.46. The van der Waals surface area contributed by atoms with Gasteiger partial charge in [0.05, 0.1) is 0 Å². The molecular weight excluding hydrogens is 399 g/mol. The molecule has 0 aliphatic carbocycles. The van der Waals surface area contributed by atoms with Gasteiger partial charge >= 0.3 is 0 Å². The van der Waals surface area contributed by atoms with Gasteiger partial charge in [0.25, 0.3) is 0 Å². The number of fused-ring (bicyclic) bond motifs is 1. The van der Waals surface area contributed by atoms with Crippen molar-refractivity contribution in [1.82, 2.24) is 15.2 Å². The summed E-state index contributed by atoms with van der Waals surface area (Å²) in [5.74, 6) is 0.945. The highest BCUT2D eigenvalue weighted by molar-refractivity contribution is 14.0. The fourth-order valence-electron chi connectivity index (χ4n) is 2.54. The highest BCUT2D eigenvalue weighted by Gasteiger charge is 2.05. The van der Waals surface area contributed by atoms with E-state index < -0.39 is 0 Å². The fourth-order valence-corrected chi connectivity index (χ4v) is 2.54. The number of hydrogen-bond acceptors (Lipinski definition) is 1. The van der Waals surface area contributed by atoms with E-state index in [1.165, 1.54) is 16.6 Å². The zero-order chi connectivity index (χ0) is 15.8. The molecule has 5 heteroatoms. The molecule has 2 N–H and O–H groups in total. The van der Waals surface area contributed by atoms with Crippen LogP contribution in [0.3, 0.4) is 0 Å². The van der Waals surface area contributed by atoms with Gasteiger partial charge in [-0.3, -0.25) is 4.99 Å². The Hall–Kier alpha value is -1.50. The van der Waals surface area contributed by atoms with Crippen molar-refractivity contribution in [3.05, 3.63) is 48.7 Å². The summed E-state index contributed by atoms with van der Waals surface area (Å²) in [5.41, 5.74) is 2.45. The predicted molar refractivity (Wildman–Crippen MR) is 111 cm³/mol. The van der Waals surface area contributed by atoms with Gasteiger partial charge in [-0.1, -0.05) is 24.3 Å². The molecule has 0 amide bonds. The van der Waals surface area contributed by atoms with E-state index >= 15 is 0 Å². The summed E-state index contributed by atoms with van der Waals surface area (Å²) < 4.78 is 0. The minimum Gasteiger partial charge on any atom is -0.358 e. The van der Waals surface area contributed by atoms with E-state index in [1.54, 1.807) is 0 Å². The number of unbranched alkanes of at least 4 members (excludes halogenated alkanes) is 1. The first-order valence-corrected chi connectivity index (χ1v) is 7.84. The van der Waals surface area contributed by atoms with Crippen molar-refractivity contribution in [3.8, 4) is 0 Å². The molecule has 2 rings (SSSR count). The summed E-state index contributed by atoms with van der Waals surface area (Å²) in [6, 6.07) is 10.6. The van der Waals surface area contributed by atoms with E-state index in [0.717, 1.165) is 38.3 Å². The Bertz CT molecular complexity index is 600. The fraction of sp³-hybridized carbons (Fsp3) is 0.389. The average Bonchev–Trinajstić information content (AvgIpc) is 2.94. The van der Waals surface area contributed by atoms with Crippen LogP contribution in [0, 0.1) is 0 Å². The average molecular weight is 426 g/mol. The van der Waals surface area contributed by atoms with Gasteiger partial charge in [-0.05, 0) is 30.4 Å². The number of rotatable bonds is 7. The maximum atomic E-state index is 4.34. The van der Waals surface area contributed by atoms with E-state index in [1.807, 2.05) is 13.1 Å². The molecule has 0 atom stereocenters. The number of halogens is 1. The quantitative estimate of drug-likeness (QED) is 0.233. The molecule has 0 radical (unpaired) electrons. The number of nitrogens with one attached hydrogen (secondary N) is 2. The Morgan fingerprint density at radius 1 is 1.39 bits per heavy atom. The van der Waals surface area contributed by atoms with Crippen LogP contribution in [0.1, 0.15) is 18.5 Å². The van der Waals surface area contributed by atoms with Crippen LogP contribution in [0.15, 0.2) is 48.0 Å². The van der Waals surface area contributed by atoms with Gasteiger partial charge in [-0.15, -0.1) is 30.6 Å². The summed E-state index contributed by atoms with van der Waals surface area (Å²) in [5, 5.41) is 4.69. The number of hydrogen-bond donors (Lipinski definition) is 2. The minimum absolute atomic E-state index is 0. The highest BCUT2D eigenvalue weighted by atomic mass is 127. The van der Waals surface area contributed by atoms with Gasteiger partial charge in [-0.25, -0.2) is 0 Å². The first kappa shape index (κ1) is 19.5. The molecular formula is C18H27IN4. The summed E-state index contributed by atoms with van der Waals surface area (Å²) in [7, 11) is 3.90. The van der Waals surface area contributed by atoms with Crippen LogP contribution in [-0.4, -0.2) is 43.0 Å². The lowest BCUT2D eigenvalue weighted by atomic mass is 10.2. The number of aliphatic imine (C=N–C) groups is 1. The van der Waals surface area contributed by atoms with Crippen molar-refractivity contribution < 1.29 is 0 Å². The number of aromatic amines is 1. The van der Waals surface area contributed by atoms with Crippen molar-refractivity contribution in [2.45, 2.75) is 19.3 Å². The molecule has 0 saturated heterocycles. The van der Waals surface area contributed by atoms with Crippen LogP contribution >= 0.6 is 24.0 Å². The number of allylic oxidation sites excluding steroid dienone is 1. The van der Waals surface area contributed by atoms with E-state index in [9.17, 15) is 0 Å². The number of nitrogens with zero attached hydrogens (tertiary/aromatic N) is 2. The molecule has 126 valence electrons. The van der Waals surface area contributed by atoms with Gasteiger partial charge in [0, 0.05) is 44.8 Å². The van der Waals surface area contributed by atoms with E-state index in [2.05, 4.69) is 64.2 Å². The van der Waals surface area contributed by atoms with Gasteiger partial charge in [0.15, 0.2) is 5.96 Å². The Morgan fingerprint density at radius 3 is 2.87 bits per heavy atom. The van der Waals surface area contributed by atoms with Crippen molar-refractivity contribution >= 4 is 40.8 Å². The number of benzene rings is 1. The van der Waals surface area contributed by atoms with E-state index in [-0.39, 0.29) is 24.0 Å². The lowest BCUT2D eigenvalue weighted by molar-refractivity contribution is 0.470. The van der Waals surface area contributed by atoms with Crippen LogP contribution in [0.25, 0.3) is 10.9 Å². The second kappa shape index (κ2) is 10.3. The van der Waals surface area contributed by atoms with Crippen LogP contribution in [-0.2, 0) is 6.42 Å². The molecule has 0 unspecified atom stereocenters. The van der Waals surface area contributed by atoms with Crippen molar-refractivity contribution in [2.75, 3.05) is 27.2 Å². The topological polar surface area (TPSA) is 43.4 Å². The molecule has 2 aromatic rings. The molecule has 0 fully saturated rings. The first-order chi connectivity index (χ1) is 10.7. The lowest BCUT2D eigenvalue weighted by Crippen LogP contribution is -2.40. The number of para-hydroxylation sites is 1. The van der Waals surface area contributed by atoms with Gasteiger partial charge in [0.2, 0.25) is 0 Å². The van der Waals surface area contributed by atoms with Crippen molar-refractivity contribution in [3.63, 3.8) is 0 Å². The molecule has 1 aromatic heterocycles. The Morgan fingerprint density at radius 2 is 2.17 bits per heavy atom. The second-order valence-electron chi connectivity index (χ2n) is 5.46. The Kier molecular flexibility index (Phi) is 8.76. The molecule has 23 heavy (non-hydrogen) atoms. The first-order valence-electron chi connectivity index (χ1n) is 7.84. The van der Waals surface area contributed by atoms with E-state index in [0.29, 0.717) is 0 Å². The SMILES string of the molecule is C=CCCCN(C)C(=NC)NCCc1cc2ccccc2[nH]1.I. The smallest absolute Gasteiger partial charge is 0.193 e.